The number of halogens is 12. The molecule has 2 fully saturated rings. The van der Waals surface area contributed by atoms with Crippen LogP contribution in [0.5, 0.6) is 0 Å². The first-order valence-electron chi connectivity index (χ1n) is 20.0. The third-order valence-electron chi connectivity index (χ3n) is 11.5. The van der Waals surface area contributed by atoms with Gasteiger partial charge in [0.1, 0.15) is 0 Å². The highest BCUT2D eigenvalue weighted by Gasteiger charge is 2.43. The van der Waals surface area contributed by atoms with Gasteiger partial charge in [-0.25, -0.2) is 0 Å². The van der Waals surface area contributed by atoms with Crippen molar-refractivity contribution in [3.8, 4) is 0 Å². The summed E-state index contributed by atoms with van der Waals surface area (Å²) in [6.07, 6.45) is -19.9. The Bertz CT molecular complexity index is 2090. The Morgan fingerprint density at radius 2 is 0.953 bits per heavy atom. The summed E-state index contributed by atoms with van der Waals surface area (Å²) in [7, 11) is 0. The fourth-order valence-electron chi connectivity index (χ4n) is 7.62. The second-order valence-electron chi connectivity index (χ2n) is 16.0. The largest absolute Gasteiger partial charge is 0.416 e. The number of nitrogens with two attached hydrogens (primary N) is 1. The van der Waals surface area contributed by atoms with Crippen molar-refractivity contribution < 1.29 is 67.1 Å². The quantitative estimate of drug-likeness (QED) is 0.0780. The van der Waals surface area contributed by atoms with Crippen LogP contribution in [0.25, 0.3) is 0 Å². The molecule has 0 spiro atoms. The van der Waals surface area contributed by atoms with Gasteiger partial charge in [0, 0.05) is 23.9 Å². The van der Waals surface area contributed by atoms with Gasteiger partial charge in [0.25, 0.3) is 0 Å². The van der Waals surface area contributed by atoms with Crippen molar-refractivity contribution in [2.75, 3.05) is 26.3 Å². The summed E-state index contributed by atoms with van der Waals surface area (Å²) in [6.45, 7) is 3.37. The zero-order valence-corrected chi connectivity index (χ0v) is 34.4. The molecule has 350 valence electrons. The van der Waals surface area contributed by atoms with Gasteiger partial charge in [-0.2, -0.15) is 52.7 Å². The minimum atomic E-state index is -4.95. The lowest BCUT2D eigenvalue weighted by molar-refractivity contribution is -0.524. The topological polar surface area (TPSA) is 112 Å². The molecular weight excluding hydrogens is 876 g/mol. The molecule has 0 bridgehead atoms. The Labute approximate surface area is 360 Å². The van der Waals surface area contributed by atoms with E-state index in [-0.39, 0.29) is 60.4 Å². The van der Waals surface area contributed by atoms with Crippen molar-refractivity contribution >= 4 is 0 Å². The minimum Gasteiger partial charge on any atom is -0.372 e. The summed E-state index contributed by atoms with van der Waals surface area (Å²) in [6, 6.07) is 20.4. The maximum atomic E-state index is 13.2. The second-order valence-corrected chi connectivity index (χ2v) is 16.0. The lowest BCUT2D eigenvalue weighted by atomic mass is 9.81. The van der Waals surface area contributed by atoms with Crippen LogP contribution in [0, 0.1) is 10.1 Å². The second kappa shape index (κ2) is 19.8. The molecule has 4 aromatic rings. The molecular formula is C44H46F12N4O4. The molecule has 4 aromatic carbocycles. The third kappa shape index (κ3) is 12.7. The molecule has 2 heterocycles. The Morgan fingerprint density at radius 3 is 1.23 bits per heavy atom. The first-order chi connectivity index (χ1) is 29.7. The number of nitrogens with one attached hydrogen (secondary N) is 2. The molecule has 2 aliphatic heterocycles. The average molecular weight is 923 g/mol. The van der Waals surface area contributed by atoms with Gasteiger partial charge in [0.2, 0.25) is 6.04 Å². The molecule has 2 aliphatic rings. The highest BCUT2D eigenvalue weighted by Crippen LogP contribution is 2.41. The van der Waals surface area contributed by atoms with Gasteiger partial charge in [-0.05, 0) is 91.8 Å². The normalized spacial score (nSPS) is 23.1. The maximum Gasteiger partial charge on any atom is 0.416 e. The predicted octanol–water partition coefficient (Wildman–Crippen LogP) is 11.1. The summed E-state index contributed by atoms with van der Waals surface area (Å²) < 4.78 is 170. The van der Waals surface area contributed by atoms with Crippen LogP contribution in [0.3, 0.4) is 0 Å². The number of ether oxygens (including phenoxy) is 2. The average Bonchev–Trinajstić information content (AvgIpc) is 3.25. The Kier molecular flexibility index (Phi) is 15.5. The van der Waals surface area contributed by atoms with Crippen molar-refractivity contribution in [3.63, 3.8) is 0 Å². The summed E-state index contributed by atoms with van der Waals surface area (Å²) in [5.74, 6) is 0. The number of alkyl halides is 12. The zero-order valence-electron chi connectivity index (χ0n) is 34.4. The van der Waals surface area contributed by atoms with Crippen LogP contribution in [-0.2, 0) is 45.3 Å². The van der Waals surface area contributed by atoms with E-state index in [9.17, 15) is 62.8 Å². The van der Waals surface area contributed by atoms with E-state index in [0.717, 1.165) is 11.1 Å². The third-order valence-corrected chi connectivity index (χ3v) is 11.5. The predicted molar refractivity (Wildman–Crippen MR) is 211 cm³/mol. The molecule has 8 nitrogen and oxygen atoms in total. The van der Waals surface area contributed by atoms with Gasteiger partial charge in [0.05, 0.1) is 65.3 Å². The molecule has 0 saturated carbocycles. The van der Waals surface area contributed by atoms with Crippen LogP contribution in [0.1, 0.15) is 96.2 Å². The molecule has 20 heteroatoms. The molecule has 0 aromatic heterocycles. The van der Waals surface area contributed by atoms with E-state index in [1.54, 1.807) is 30.3 Å². The van der Waals surface area contributed by atoms with Crippen LogP contribution in [0.15, 0.2) is 97.1 Å². The molecule has 2 saturated heterocycles. The van der Waals surface area contributed by atoms with Crippen molar-refractivity contribution in [1.29, 1.82) is 0 Å². The van der Waals surface area contributed by atoms with E-state index in [0.29, 0.717) is 50.1 Å². The minimum absolute atomic E-state index is 0.0351. The van der Waals surface area contributed by atoms with Crippen LogP contribution in [-0.4, -0.2) is 43.3 Å². The highest BCUT2D eigenvalue weighted by atomic mass is 19.4. The summed E-state index contributed by atoms with van der Waals surface area (Å²) in [5, 5.41) is 17.6. The number of hydrogen-bond donors (Lipinski definition) is 3. The molecule has 64 heavy (non-hydrogen) atoms. The zero-order chi connectivity index (χ0) is 47.3. The monoisotopic (exact) mass is 922 g/mol. The summed E-state index contributed by atoms with van der Waals surface area (Å²) in [5.41, 5.74) is 0.198. The molecule has 6 rings (SSSR count). The van der Waals surface area contributed by atoms with E-state index < -0.39 is 76.3 Å². The van der Waals surface area contributed by atoms with E-state index in [2.05, 4.69) is 10.6 Å². The molecule has 6 atom stereocenters. The Balaban J connectivity index is 0.000000241. The van der Waals surface area contributed by atoms with E-state index in [1.165, 1.54) is 13.8 Å². The van der Waals surface area contributed by atoms with E-state index in [1.807, 2.05) is 30.3 Å². The fourth-order valence-corrected chi connectivity index (χ4v) is 7.62. The van der Waals surface area contributed by atoms with Crippen LogP contribution < -0.4 is 16.4 Å². The molecule has 0 radical (unpaired) electrons. The summed E-state index contributed by atoms with van der Waals surface area (Å²) >= 11 is 0. The maximum absolute atomic E-state index is 13.2. The van der Waals surface area contributed by atoms with Crippen LogP contribution >= 0.6 is 0 Å². The van der Waals surface area contributed by atoms with Gasteiger partial charge >= 0.3 is 24.7 Å². The van der Waals surface area contributed by atoms with Crippen molar-refractivity contribution in [2.45, 2.75) is 99.6 Å². The number of rotatable bonds is 11. The SMILES string of the molecule is C[C@@H](OC[C@@]1(c2ccccc2)CCC([N+](=O)[O-])CN1)c1cc(C(F)(F)F)cc(C(F)(F)F)c1.C[C@@H](OC[C@@]1(c2ccccc2)CC[C@H](N)CN1)c1cc(C(F)(F)F)cc(C(F)(F)F)c1. The standard InChI is InChI=1S/C22H22F6N2O3.C22H24F6N2O/c1-14(15-9-17(21(23,24)25)11-18(10-15)22(26,27)28)33-13-20(16-5-3-2-4-6-16)8-7-19(12-29-20)30(31)32;1-14(15-9-17(21(23,24)25)11-18(10-15)22(26,27)28)31-13-20(8-7-19(29)12-30-20)16-5-3-2-4-6-16/h2-6,9-11,14,19,29H,7-8,12-13H2,1H3;2-6,9-11,14,19,30H,7-8,12-13,29H2,1H3/t14-,19?,20-;14-,19+,20-/m11/s1. The highest BCUT2D eigenvalue weighted by molar-refractivity contribution is 5.36. The van der Waals surface area contributed by atoms with Crippen LogP contribution in [0.4, 0.5) is 52.7 Å². The molecule has 1 unspecified atom stereocenters. The van der Waals surface area contributed by atoms with Crippen LogP contribution in [0.2, 0.25) is 0 Å². The van der Waals surface area contributed by atoms with Gasteiger partial charge < -0.3 is 20.5 Å². The number of hydrogen-bond acceptors (Lipinski definition) is 7. The van der Waals surface area contributed by atoms with Gasteiger partial charge in [-0.1, -0.05) is 60.7 Å². The van der Waals surface area contributed by atoms with Gasteiger partial charge in [-0.3, -0.25) is 15.4 Å². The lowest BCUT2D eigenvalue weighted by Crippen LogP contribution is -2.55. The number of benzene rings is 4. The fraction of sp³-hybridized carbons (Fsp3) is 0.455. The van der Waals surface area contributed by atoms with E-state index in [4.69, 9.17) is 15.2 Å². The van der Waals surface area contributed by atoms with E-state index >= 15 is 0 Å². The van der Waals surface area contributed by atoms with Crippen molar-refractivity contribution in [2.24, 2.45) is 5.73 Å². The van der Waals surface area contributed by atoms with Gasteiger partial charge in [0.15, 0.2) is 0 Å². The van der Waals surface area contributed by atoms with Gasteiger partial charge in [-0.15, -0.1) is 0 Å². The molecule has 4 N–H and O–H groups in total. The lowest BCUT2D eigenvalue weighted by Gasteiger charge is -2.41. The first kappa shape index (κ1) is 50.2. The molecule has 0 amide bonds. The number of nitrogens with zero attached hydrogens (tertiary/aromatic N) is 1. The molecule has 0 aliphatic carbocycles. The Hall–Kier alpha value is -4.76. The first-order valence-corrected chi connectivity index (χ1v) is 20.0. The number of piperidine rings is 2. The smallest absolute Gasteiger partial charge is 0.372 e. The number of nitro groups is 1. The summed E-state index contributed by atoms with van der Waals surface area (Å²) in [4.78, 5) is 10.7. The Morgan fingerprint density at radius 1 is 0.609 bits per heavy atom. The van der Waals surface area contributed by atoms with Crippen molar-refractivity contribution in [3.05, 3.63) is 152 Å². The van der Waals surface area contributed by atoms with Crippen molar-refractivity contribution in [1.82, 2.24) is 10.6 Å².